The van der Waals surface area contributed by atoms with E-state index in [0.29, 0.717) is 44.2 Å². The Morgan fingerprint density at radius 1 is 0.868 bits per heavy atom. The van der Waals surface area contributed by atoms with Crippen LogP contribution >= 0.6 is 0 Å². The summed E-state index contributed by atoms with van der Waals surface area (Å²) in [4.78, 5) is 25.2. The average Bonchev–Trinajstić information content (AvgIpc) is 3.38. The first-order valence-electron chi connectivity index (χ1n) is 12.6. The molecular weight excluding hydrogens is 512 g/mol. The van der Waals surface area contributed by atoms with Crippen molar-refractivity contribution in [1.29, 1.82) is 0 Å². The van der Waals surface area contributed by atoms with E-state index in [-0.39, 0.29) is 42.4 Å². The number of alkyl halides is 6. The van der Waals surface area contributed by atoms with Crippen molar-refractivity contribution in [3.05, 3.63) is 70.8 Å². The van der Waals surface area contributed by atoms with Crippen LogP contribution in [-0.2, 0) is 17.1 Å². The first-order valence-corrected chi connectivity index (χ1v) is 12.6. The smallest absolute Gasteiger partial charge is 0.352 e. The van der Waals surface area contributed by atoms with Crippen LogP contribution in [0.25, 0.3) is 0 Å². The molecule has 1 aliphatic heterocycles. The maximum atomic E-state index is 13.1. The number of nitrogens with one attached hydrogen (secondary N) is 3. The second-order valence-corrected chi connectivity index (χ2v) is 10.0. The van der Waals surface area contributed by atoms with Gasteiger partial charge in [-0.3, -0.25) is 9.59 Å². The van der Waals surface area contributed by atoms with Gasteiger partial charge in [-0.1, -0.05) is 30.3 Å². The van der Waals surface area contributed by atoms with E-state index >= 15 is 0 Å². The Labute approximate surface area is 216 Å². The first-order chi connectivity index (χ1) is 17.9. The predicted molar refractivity (Wildman–Crippen MR) is 128 cm³/mol. The largest absolute Gasteiger partial charge is 0.416 e. The summed E-state index contributed by atoms with van der Waals surface area (Å²) in [6.45, 7) is 0.852. The Morgan fingerprint density at radius 2 is 1.47 bits per heavy atom. The van der Waals surface area contributed by atoms with Crippen molar-refractivity contribution in [2.45, 2.75) is 62.5 Å². The van der Waals surface area contributed by atoms with Gasteiger partial charge in [-0.2, -0.15) is 26.3 Å². The van der Waals surface area contributed by atoms with Crippen LogP contribution in [0, 0.1) is 5.92 Å². The second-order valence-electron chi connectivity index (χ2n) is 10.0. The fraction of sp³-hybridized carbons (Fsp3) is 0.481. The zero-order valence-electron chi connectivity index (χ0n) is 20.5. The Balaban J connectivity index is 1.24. The Kier molecular flexibility index (Phi) is 8.34. The molecule has 1 aliphatic carbocycles. The van der Waals surface area contributed by atoms with Gasteiger partial charge in [0.05, 0.1) is 17.2 Å². The molecule has 2 amide bonds. The Hall–Kier alpha value is -3.08. The molecule has 11 heteroatoms. The number of benzene rings is 2. The summed E-state index contributed by atoms with van der Waals surface area (Å²) in [7, 11) is 0. The van der Waals surface area contributed by atoms with Gasteiger partial charge in [0.15, 0.2) is 0 Å². The summed E-state index contributed by atoms with van der Waals surface area (Å²) < 4.78 is 78.4. The molecule has 1 heterocycles. The molecule has 4 rings (SSSR count). The van der Waals surface area contributed by atoms with Gasteiger partial charge in [0.2, 0.25) is 5.91 Å². The lowest BCUT2D eigenvalue weighted by molar-refractivity contribution is -0.143. The molecule has 2 aromatic rings. The van der Waals surface area contributed by atoms with Crippen molar-refractivity contribution in [3.63, 3.8) is 0 Å². The minimum atomic E-state index is -5.02. The van der Waals surface area contributed by atoms with Gasteiger partial charge in [-0.25, -0.2) is 0 Å². The lowest BCUT2D eigenvalue weighted by atomic mass is 9.85. The van der Waals surface area contributed by atoms with Gasteiger partial charge in [0.25, 0.3) is 5.91 Å². The van der Waals surface area contributed by atoms with Gasteiger partial charge in [0.1, 0.15) is 0 Å². The first kappa shape index (κ1) is 27.9. The van der Waals surface area contributed by atoms with E-state index in [2.05, 4.69) is 28.1 Å². The molecule has 206 valence electrons. The molecule has 0 radical (unpaired) electrons. The van der Waals surface area contributed by atoms with Crippen LogP contribution in [0.5, 0.6) is 0 Å². The normalized spacial score (nSPS) is 24.2. The van der Waals surface area contributed by atoms with E-state index in [9.17, 15) is 35.9 Å². The molecule has 38 heavy (non-hydrogen) atoms. The van der Waals surface area contributed by atoms with Crippen molar-refractivity contribution in [2.24, 2.45) is 5.92 Å². The maximum absolute atomic E-state index is 13.1. The van der Waals surface area contributed by atoms with Crippen LogP contribution in [0.3, 0.4) is 0 Å². The summed E-state index contributed by atoms with van der Waals surface area (Å²) >= 11 is 0. The Morgan fingerprint density at radius 3 is 2.05 bits per heavy atom. The van der Waals surface area contributed by atoms with Crippen LogP contribution in [-0.4, -0.2) is 37.0 Å². The minimum absolute atomic E-state index is 0.00470. The van der Waals surface area contributed by atoms with Crippen LogP contribution in [0.2, 0.25) is 0 Å². The number of rotatable bonds is 6. The summed E-state index contributed by atoms with van der Waals surface area (Å²) in [5.41, 5.74) is -2.55. The summed E-state index contributed by atoms with van der Waals surface area (Å²) in [5, 5.41) is 8.84. The summed E-state index contributed by atoms with van der Waals surface area (Å²) in [6.07, 6.45) is -6.67. The lowest BCUT2D eigenvalue weighted by Crippen LogP contribution is -2.46. The van der Waals surface area contributed by atoms with E-state index < -0.39 is 35.0 Å². The molecule has 5 nitrogen and oxygen atoms in total. The third kappa shape index (κ3) is 7.06. The molecule has 0 unspecified atom stereocenters. The lowest BCUT2D eigenvalue weighted by Gasteiger charge is -2.30. The molecule has 1 saturated carbocycles. The van der Waals surface area contributed by atoms with Crippen molar-refractivity contribution in [3.8, 4) is 0 Å². The number of carbonyl (C=O) groups excluding carboxylic acids is 2. The van der Waals surface area contributed by atoms with Crippen molar-refractivity contribution in [2.75, 3.05) is 13.1 Å². The molecule has 2 aliphatic rings. The monoisotopic (exact) mass is 541 g/mol. The molecule has 0 aromatic heterocycles. The quantitative estimate of drug-likeness (QED) is 0.437. The third-order valence-electron chi connectivity index (χ3n) is 7.31. The highest BCUT2D eigenvalue weighted by Crippen LogP contribution is 2.36. The summed E-state index contributed by atoms with van der Waals surface area (Å²) in [5.74, 6) is -0.759. The number of hydrogen-bond acceptors (Lipinski definition) is 3. The fourth-order valence-corrected chi connectivity index (χ4v) is 5.15. The van der Waals surface area contributed by atoms with E-state index in [1.807, 2.05) is 18.2 Å². The SMILES string of the molecule is O=C(NC[C@H]1CC[C@H](NC(=O)[C@@H]2C[C@H](c3ccccc3)CN2)CC1)c1cc(C(F)(F)F)cc(C(F)(F)F)c1. The topological polar surface area (TPSA) is 70.2 Å². The van der Waals surface area contributed by atoms with Crippen LogP contribution < -0.4 is 16.0 Å². The molecule has 0 spiro atoms. The van der Waals surface area contributed by atoms with Gasteiger partial charge in [-0.05, 0) is 67.7 Å². The highest BCUT2D eigenvalue weighted by atomic mass is 19.4. The maximum Gasteiger partial charge on any atom is 0.416 e. The highest BCUT2D eigenvalue weighted by Gasteiger charge is 2.38. The summed E-state index contributed by atoms with van der Waals surface area (Å²) in [6, 6.07) is 10.6. The van der Waals surface area contributed by atoms with E-state index in [0.717, 1.165) is 6.54 Å². The Bertz CT molecular complexity index is 1100. The molecule has 0 bridgehead atoms. The van der Waals surface area contributed by atoms with Gasteiger partial charge < -0.3 is 16.0 Å². The van der Waals surface area contributed by atoms with E-state index in [1.54, 1.807) is 0 Å². The van der Waals surface area contributed by atoms with Gasteiger partial charge in [-0.15, -0.1) is 0 Å². The second kappa shape index (κ2) is 11.3. The predicted octanol–water partition coefficient (Wildman–Crippen LogP) is 5.27. The van der Waals surface area contributed by atoms with Gasteiger partial charge >= 0.3 is 12.4 Å². The highest BCUT2D eigenvalue weighted by molar-refractivity contribution is 5.94. The molecule has 2 atom stereocenters. The fourth-order valence-electron chi connectivity index (χ4n) is 5.15. The number of amides is 2. The molecule has 2 aromatic carbocycles. The molecule has 3 N–H and O–H groups in total. The molecular formula is C27H29F6N3O2. The van der Waals surface area contributed by atoms with E-state index in [4.69, 9.17) is 0 Å². The van der Waals surface area contributed by atoms with Crippen LogP contribution in [0.15, 0.2) is 48.5 Å². The molecule has 1 saturated heterocycles. The van der Waals surface area contributed by atoms with Crippen molar-refractivity contribution < 1.29 is 35.9 Å². The minimum Gasteiger partial charge on any atom is -0.352 e. The number of carbonyl (C=O) groups is 2. The van der Waals surface area contributed by atoms with Crippen LogP contribution in [0.1, 0.15) is 65.1 Å². The van der Waals surface area contributed by atoms with Gasteiger partial charge in [0, 0.05) is 24.7 Å². The van der Waals surface area contributed by atoms with Crippen LogP contribution in [0.4, 0.5) is 26.3 Å². The van der Waals surface area contributed by atoms with Crippen molar-refractivity contribution in [1.82, 2.24) is 16.0 Å². The molecule has 2 fully saturated rings. The number of hydrogen-bond donors (Lipinski definition) is 3. The zero-order valence-corrected chi connectivity index (χ0v) is 20.5. The number of halogens is 6. The third-order valence-corrected chi connectivity index (χ3v) is 7.31. The van der Waals surface area contributed by atoms with E-state index in [1.165, 1.54) is 5.56 Å². The zero-order chi connectivity index (χ0) is 27.5. The standard InChI is InChI=1S/C27H29F6N3O2/c28-26(29,30)20-10-18(11-21(13-20)27(31,32)33)24(37)35-14-16-6-8-22(9-7-16)36-25(38)23-12-19(15-34-23)17-4-2-1-3-5-17/h1-5,10-11,13,16,19,22-23,34H,6-9,12,14-15H2,(H,35,37)(H,36,38)/t16-,19-,22-,23-/m0/s1. The average molecular weight is 542 g/mol. The van der Waals surface area contributed by atoms with Crippen molar-refractivity contribution >= 4 is 11.8 Å².